The quantitative estimate of drug-likeness (QED) is 0.223. The van der Waals surface area contributed by atoms with Gasteiger partial charge in [0.2, 0.25) is 5.56 Å². The lowest BCUT2D eigenvalue weighted by molar-refractivity contribution is -0.107. The molecule has 1 aromatic heterocycles. The standard InChI is InChI=1S/C28H35N3O3S/c1-2-20-35-27-7-5-6-26(24(27)12-18-32)31-16-14-30(15-17-31)13-3-4-19-34-23-10-8-22-9-11-28(33)29-25(22)21-23/h5-11,18,21H,2-4,12-17,19-20H2,1H3,(H,29,33). The van der Waals surface area contributed by atoms with E-state index in [2.05, 4.69) is 39.9 Å². The fraction of sp³-hybridized carbons (Fsp3) is 0.429. The summed E-state index contributed by atoms with van der Waals surface area (Å²) in [5.41, 5.74) is 3.11. The highest BCUT2D eigenvalue weighted by Gasteiger charge is 2.20. The predicted molar refractivity (Wildman–Crippen MR) is 145 cm³/mol. The Balaban J connectivity index is 1.21. The summed E-state index contributed by atoms with van der Waals surface area (Å²) in [5.74, 6) is 1.87. The minimum Gasteiger partial charge on any atom is -0.494 e. The van der Waals surface area contributed by atoms with E-state index in [9.17, 15) is 9.59 Å². The number of rotatable bonds is 12. The van der Waals surface area contributed by atoms with Crippen LogP contribution in [0.3, 0.4) is 0 Å². The van der Waals surface area contributed by atoms with Gasteiger partial charge in [0.15, 0.2) is 0 Å². The molecule has 0 unspecified atom stereocenters. The third-order valence-electron chi connectivity index (χ3n) is 6.40. The van der Waals surface area contributed by atoms with Gasteiger partial charge in [0, 0.05) is 55.3 Å². The Labute approximate surface area is 211 Å². The van der Waals surface area contributed by atoms with Gasteiger partial charge in [-0.05, 0) is 72.8 Å². The molecule has 1 fully saturated rings. The molecule has 1 saturated heterocycles. The van der Waals surface area contributed by atoms with Crippen LogP contribution in [0.4, 0.5) is 5.69 Å². The van der Waals surface area contributed by atoms with Crippen molar-refractivity contribution in [3.63, 3.8) is 0 Å². The Morgan fingerprint density at radius 3 is 2.69 bits per heavy atom. The van der Waals surface area contributed by atoms with E-state index in [4.69, 9.17) is 4.74 Å². The number of unbranched alkanes of at least 4 members (excludes halogenated alkanes) is 1. The summed E-state index contributed by atoms with van der Waals surface area (Å²) >= 11 is 1.86. The van der Waals surface area contributed by atoms with E-state index in [-0.39, 0.29) is 5.56 Å². The van der Waals surface area contributed by atoms with Crippen LogP contribution in [0.1, 0.15) is 31.7 Å². The topological polar surface area (TPSA) is 65.6 Å². The zero-order chi connectivity index (χ0) is 24.5. The number of carbonyl (C=O) groups excluding carboxylic acids is 1. The van der Waals surface area contributed by atoms with Crippen molar-refractivity contribution >= 4 is 34.6 Å². The molecule has 0 aliphatic carbocycles. The number of pyridine rings is 1. The number of H-pyrrole nitrogens is 1. The monoisotopic (exact) mass is 493 g/mol. The number of aldehydes is 1. The Hall–Kier alpha value is -2.77. The second kappa shape index (κ2) is 12.8. The van der Waals surface area contributed by atoms with Crippen LogP contribution in [-0.4, -0.2) is 61.3 Å². The smallest absolute Gasteiger partial charge is 0.248 e. The number of nitrogens with zero attached hydrogens (tertiary/aromatic N) is 2. The summed E-state index contributed by atoms with van der Waals surface area (Å²) in [6.07, 6.45) is 4.72. The van der Waals surface area contributed by atoms with Gasteiger partial charge >= 0.3 is 0 Å². The molecular weight excluding hydrogens is 458 g/mol. The van der Waals surface area contributed by atoms with Crippen molar-refractivity contribution in [2.45, 2.75) is 37.5 Å². The summed E-state index contributed by atoms with van der Waals surface area (Å²) in [7, 11) is 0. The number of nitrogens with one attached hydrogen (secondary N) is 1. The summed E-state index contributed by atoms with van der Waals surface area (Å²) < 4.78 is 5.91. The van der Waals surface area contributed by atoms with Crippen LogP contribution in [0.15, 0.2) is 58.2 Å². The third-order valence-corrected chi connectivity index (χ3v) is 7.71. The van der Waals surface area contributed by atoms with E-state index in [1.165, 1.54) is 22.2 Å². The van der Waals surface area contributed by atoms with Crippen molar-refractivity contribution in [1.29, 1.82) is 0 Å². The highest BCUT2D eigenvalue weighted by atomic mass is 32.2. The largest absolute Gasteiger partial charge is 0.494 e. The van der Waals surface area contributed by atoms with Crippen molar-refractivity contribution < 1.29 is 9.53 Å². The SMILES string of the molecule is CCCSc1cccc(N2CCN(CCCCOc3ccc4ccc(=O)[nH]c4c3)CC2)c1CC=O. The van der Waals surface area contributed by atoms with Gasteiger partial charge in [-0.2, -0.15) is 0 Å². The summed E-state index contributed by atoms with van der Waals surface area (Å²) in [6.45, 7) is 7.96. The van der Waals surface area contributed by atoms with Crippen LogP contribution in [0.2, 0.25) is 0 Å². The summed E-state index contributed by atoms with van der Waals surface area (Å²) in [4.78, 5) is 31.9. The van der Waals surface area contributed by atoms with Crippen LogP contribution in [0, 0.1) is 0 Å². The van der Waals surface area contributed by atoms with Gasteiger partial charge in [-0.3, -0.25) is 9.69 Å². The zero-order valence-electron chi connectivity index (χ0n) is 20.5. The van der Waals surface area contributed by atoms with Crippen molar-refractivity contribution in [3.8, 4) is 5.75 Å². The predicted octanol–water partition coefficient (Wildman–Crippen LogP) is 4.75. The minimum absolute atomic E-state index is 0.0993. The second-order valence-corrected chi connectivity index (χ2v) is 10.1. The van der Waals surface area contributed by atoms with Crippen molar-refractivity contribution in [3.05, 3.63) is 64.4 Å². The molecule has 0 saturated carbocycles. The van der Waals surface area contributed by atoms with Crippen molar-refractivity contribution in [1.82, 2.24) is 9.88 Å². The molecule has 0 radical (unpaired) electrons. The fourth-order valence-electron chi connectivity index (χ4n) is 4.54. The molecule has 2 aromatic carbocycles. The average molecular weight is 494 g/mol. The fourth-order valence-corrected chi connectivity index (χ4v) is 5.51. The normalized spacial score (nSPS) is 14.4. The first-order chi connectivity index (χ1) is 17.2. The number of carbonyl (C=O) groups is 1. The van der Waals surface area contributed by atoms with Crippen LogP contribution >= 0.6 is 11.8 Å². The molecule has 0 atom stereocenters. The second-order valence-electron chi connectivity index (χ2n) is 8.93. The molecule has 7 heteroatoms. The number of hydrogen-bond donors (Lipinski definition) is 1. The number of anilines is 1. The lowest BCUT2D eigenvalue weighted by atomic mass is 10.1. The highest BCUT2D eigenvalue weighted by Crippen LogP contribution is 2.32. The zero-order valence-corrected chi connectivity index (χ0v) is 21.3. The molecule has 35 heavy (non-hydrogen) atoms. The number of aromatic nitrogens is 1. The van der Waals surface area contributed by atoms with Gasteiger partial charge in [-0.25, -0.2) is 0 Å². The first-order valence-corrected chi connectivity index (χ1v) is 13.6. The Morgan fingerprint density at radius 2 is 1.89 bits per heavy atom. The van der Waals surface area contributed by atoms with Gasteiger partial charge in [-0.1, -0.05) is 13.0 Å². The molecular formula is C28H35N3O3S. The number of aromatic amines is 1. The van der Waals surface area contributed by atoms with Crippen molar-refractivity contribution in [2.24, 2.45) is 0 Å². The maximum absolute atomic E-state index is 11.5. The third kappa shape index (κ3) is 6.89. The maximum atomic E-state index is 11.5. The number of ether oxygens (including phenoxy) is 1. The molecule has 6 nitrogen and oxygen atoms in total. The van der Waals surface area contributed by atoms with Gasteiger partial charge in [0.05, 0.1) is 12.1 Å². The molecule has 1 N–H and O–H groups in total. The minimum atomic E-state index is -0.0993. The van der Waals surface area contributed by atoms with E-state index in [1.807, 2.05) is 36.0 Å². The summed E-state index contributed by atoms with van der Waals surface area (Å²) in [6, 6.07) is 15.6. The molecule has 1 aliphatic heterocycles. The molecule has 186 valence electrons. The number of fused-ring (bicyclic) bond motifs is 1. The Kier molecular flexibility index (Phi) is 9.26. The van der Waals surface area contributed by atoms with Gasteiger partial charge in [-0.15, -0.1) is 11.8 Å². The van der Waals surface area contributed by atoms with Gasteiger partial charge in [0.25, 0.3) is 0 Å². The van der Waals surface area contributed by atoms with E-state index in [1.54, 1.807) is 0 Å². The molecule has 1 aliphatic rings. The van der Waals surface area contributed by atoms with E-state index in [0.29, 0.717) is 13.0 Å². The average Bonchev–Trinajstić information content (AvgIpc) is 2.88. The number of piperazine rings is 1. The Bertz CT molecular complexity index is 1170. The van der Waals surface area contributed by atoms with Gasteiger partial charge in [0.1, 0.15) is 12.0 Å². The lowest BCUT2D eigenvalue weighted by Gasteiger charge is -2.37. The number of benzene rings is 2. The van der Waals surface area contributed by atoms with Crippen LogP contribution in [-0.2, 0) is 11.2 Å². The lowest BCUT2D eigenvalue weighted by Crippen LogP contribution is -2.47. The highest BCUT2D eigenvalue weighted by molar-refractivity contribution is 7.99. The molecule has 3 aromatic rings. The first-order valence-electron chi connectivity index (χ1n) is 12.6. The van der Waals surface area contributed by atoms with E-state index >= 15 is 0 Å². The van der Waals surface area contributed by atoms with Crippen molar-refractivity contribution in [2.75, 3.05) is 50.0 Å². The summed E-state index contributed by atoms with van der Waals surface area (Å²) in [5, 5.41) is 1.00. The molecule has 0 bridgehead atoms. The molecule has 2 heterocycles. The number of thioether (sulfide) groups is 1. The van der Waals surface area contributed by atoms with Crippen LogP contribution in [0.5, 0.6) is 5.75 Å². The molecule has 0 amide bonds. The number of hydrogen-bond acceptors (Lipinski definition) is 6. The molecule has 0 spiro atoms. The Morgan fingerprint density at radius 1 is 1.06 bits per heavy atom. The molecule has 4 rings (SSSR count). The van der Waals surface area contributed by atoms with Crippen LogP contribution < -0.4 is 15.2 Å². The van der Waals surface area contributed by atoms with Gasteiger partial charge < -0.3 is 19.4 Å². The van der Waals surface area contributed by atoms with E-state index < -0.39 is 0 Å². The van der Waals surface area contributed by atoms with Crippen LogP contribution in [0.25, 0.3) is 10.9 Å². The maximum Gasteiger partial charge on any atom is 0.248 e. The first kappa shape index (κ1) is 25.3. The van der Waals surface area contributed by atoms with E-state index in [0.717, 1.165) is 80.7 Å².